The molecular weight excluding hydrogens is 300 g/mol. The molecule has 0 aliphatic heterocycles. The van der Waals surface area contributed by atoms with E-state index in [0.717, 1.165) is 32.1 Å². The molecule has 3 fully saturated rings. The molecule has 1 spiro atoms. The first-order valence-corrected chi connectivity index (χ1v) is 9.80. The first kappa shape index (κ1) is 16.6. The Hall–Kier alpha value is -0.830. The second-order valence-electron chi connectivity index (χ2n) is 9.52. The second-order valence-corrected chi connectivity index (χ2v) is 9.52. The van der Waals surface area contributed by atoms with Crippen LogP contribution in [0.25, 0.3) is 0 Å². The average Bonchev–Trinajstić information content (AvgIpc) is 2.84. The fourth-order valence-electron chi connectivity index (χ4n) is 7.53. The summed E-state index contributed by atoms with van der Waals surface area (Å²) < 4.78 is 5.23. The van der Waals surface area contributed by atoms with Crippen molar-refractivity contribution in [3.05, 3.63) is 11.6 Å². The minimum absolute atomic E-state index is 0.0108. The van der Waals surface area contributed by atoms with Gasteiger partial charge in [-0.1, -0.05) is 25.0 Å². The van der Waals surface area contributed by atoms with E-state index in [9.17, 15) is 9.90 Å². The number of methoxy groups -OCH3 is 1. The molecule has 4 rings (SSSR count). The van der Waals surface area contributed by atoms with Crippen molar-refractivity contribution >= 4 is 5.97 Å². The van der Waals surface area contributed by atoms with Crippen LogP contribution in [0, 0.1) is 34.0 Å². The number of carbonyl (C=O) groups is 1. The van der Waals surface area contributed by atoms with E-state index in [1.165, 1.54) is 26.4 Å². The van der Waals surface area contributed by atoms with Gasteiger partial charge in [0.25, 0.3) is 0 Å². The number of fused-ring (bicyclic) bond motifs is 3. The van der Waals surface area contributed by atoms with Crippen LogP contribution in [0.2, 0.25) is 0 Å². The third-order valence-electron chi connectivity index (χ3n) is 8.51. The largest absolute Gasteiger partial charge is 0.469 e. The van der Waals surface area contributed by atoms with Gasteiger partial charge in [-0.3, -0.25) is 4.79 Å². The third kappa shape index (κ3) is 1.97. The lowest BCUT2D eigenvalue weighted by Crippen LogP contribution is -2.54. The maximum absolute atomic E-state index is 12.6. The van der Waals surface area contributed by atoms with E-state index in [-0.39, 0.29) is 16.8 Å². The second kappa shape index (κ2) is 5.33. The van der Waals surface area contributed by atoms with Gasteiger partial charge in [-0.25, -0.2) is 0 Å². The molecule has 134 valence electrons. The van der Waals surface area contributed by atoms with E-state index in [1.54, 1.807) is 5.57 Å². The minimum Gasteiger partial charge on any atom is -0.469 e. The van der Waals surface area contributed by atoms with Gasteiger partial charge in [0.2, 0.25) is 0 Å². The standard InChI is InChI=1S/C21H32O3/c1-19-8-4-9-20(2,18(23)24-3)16(19)7-10-21-11-14(5-6-17(19)21)15(12-21)13-22/h6,14-16,22H,4-5,7-13H2,1-3H3/t14-,15?,16?,19-,20-,21+/m1/s1. The summed E-state index contributed by atoms with van der Waals surface area (Å²) in [6.07, 6.45) is 11.7. The van der Waals surface area contributed by atoms with Gasteiger partial charge in [-0.15, -0.1) is 0 Å². The van der Waals surface area contributed by atoms with Crippen LogP contribution in [-0.4, -0.2) is 24.8 Å². The van der Waals surface area contributed by atoms with Crippen molar-refractivity contribution in [2.45, 2.75) is 65.2 Å². The Labute approximate surface area is 145 Å². The fourth-order valence-corrected chi connectivity index (χ4v) is 7.53. The molecule has 0 aromatic heterocycles. The van der Waals surface area contributed by atoms with Gasteiger partial charge in [0.15, 0.2) is 0 Å². The molecule has 0 saturated heterocycles. The van der Waals surface area contributed by atoms with E-state index in [1.807, 2.05) is 0 Å². The molecule has 3 heteroatoms. The van der Waals surface area contributed by atoms with E-state index < -0.39 is 0 Å². The molecule has 2 bridgehead atoms. The van der Waals surface area contributed by atoms with Crippen LogP contribution in [0.3, 0.4) is 0 Å². The van der Waals surface area contributed by atoms with Crippen LogP contribution in [0.4, 0.5) is 0 Å². The molecule has 1 N–H and O–H groups in total. The van der Waals surface area contributed by atoms with Crippen molar-refractivity contribution in [2.75, 3.05) is 13.7 Å². The topological polar surface area (TPSA) is 46.5 Å². The Kier molecular flexibility index (Phi) is 3.69. The summed E-state index contributed by atoms with van der Waals surface area (Å²) in [5, 5.41) is 9.80. The highest BCUT2D eigenvalue weighted by Gasteiger charge is 2.63. The van der Waals surface area contributed by atoms with E-state index in [4.69, 9.17) is 4.74 Å². The zero-order valence-electron chi connectivity index (χ0n) is 15.4. The predicted molar refractivity (Wildman–Crippen MR) is 93.2 cm³/mol. The zero-order valence-corrected chi connectivity index (χ0v) is 15.4. The molecule has 24 heavy (non-hydrogen) atoms. The molecule has 0 radical (unpaired) electrons. The number of esters is 1. The van der Waals surface area contributed by atoms with Crippen LogP contribution in [0.1, 0.15) is 65.2 Å². The molecule has 0 heterocycles. The van der Waals surface area contributed by atoms with Gasteiger partial charge in [-0.2, -0.15) is 0 Å². The normalized spacial score (nSPS) is 49.8. The van der Waals surface area contributed by atoms with Gasteiger partial charge >= 0.3 is 5.97 Å². The number of aliphatic hydroxyl groups excluding tert-OH is 1. The summed E-state index contributed by atoms with van der Waals surface area (Å²) in [5.41, 5.74) is 1.76. The van der Waals surface area contributed by atoms with Crippen molar-refractivity contribution in [2.24, 2.45) is 34.0 Å². The third-order valence-corrected chi connectivity index (χ3v) is 8.51. The Morgan fingerprint density at radius 2 is 2.08 bits per heavy atom. The van der Waals surface area contributed by atoms with Crippen LogP contribution in [0.15, 0.2) is 11.6 Å². The van der Waals surface area contributed by atoms with Crippen LogP contribution in [-0.2, 0) is 9.53 Å². The highest BCUT2D eigenvalue weighted by atomic mass is 16.5. The Morgan fingerprint density at radius 3 is 2.79 bits per heavy atom. The number of allylic oxidation sites excluding steroid dienone is 2. The number of hydrogen-bond donors (Lipinski definition) is 1. The highest BCUT2D eigenvalue weighted by Crippen LogP contribution is 2.70. The lowest BCUT2D eigenvalue weighted by Gasteiger charge is -2.60. The van der Waals surface area contributed by atoms with Gasteiger partial charge in [0.1, 0.15) is 0 Å². The first-order chi connectivity index (χ1) is 11.4. The summed E-state index contributed by atoms with van der Waals surface area (Å²) in [5.74, 6) is 1.54. The minimum atomic E-state index is -0.337. The zero-order chi connectivity index (χ0) is 17.2. The van der Waals surface area contributed by atoms with Crippen LogP contribution >= 0.6 is 0 Å². The summed E-state index contributed by atoms with van der Waals surface area (Å²) in [4.78, 5) is 12.6. The molecule has 4 aliphatic carbocycles. The maximum atomic E-state index is 12.6. The highest BCUT2D eigenvalue weighted by molar-refractivity contribution is 5.77. The van der Waals surface area contributed by atoms with E-state index in [2.05, 4.69) is 19.9 Å². The molecule has 3 saturated carbocycles. The Bertz CT molecular complexity index is 582. The SMILES string of the molecule is COC(=O)[C@]1(C)CCC[C@@]2(C)C3=CC[C@@H]4C[C@@]3(CCC12)CC4CO. The monoisotopic (exact) mass is 332 g/mol. The van der Waals surface area contributed by atoms with Crippen molar-refractivity contribution in [3.8, 4) is 0 Å². The predicted octanol–water partition coefficient (Wildman–Crippen LogP) is 4.10. The Balaban J connectivity index is 1.74. The lowest BCUT2D eigenvalue weighted by molar-refractivity contribution is -0.165. The Morgan fingerprint density at radius 1 is 1.29 bits per heavy atom. The number of carbonyl (C=O) groups excluding carboxylic acids is 1. The van der Waals surface area contributed by atoms with E-state index >= 15 is 0 Å². The van der Waals surface area contributed by atoms with Gasteiger partial charge < -0.3 is 9.84 Å². The smallest absolute Gasteiger partial charge is 0.311 e. The van der Waals surface area contributed by atoms with Gasteiger partial charge in [-0.05, 0) is 80.5 Å². The van der Waals surface area contributed by atoms with Crippen molar-refractivity contribution < 1.29 is 14.6 Å². The maximum Gasteiger partial charge on any atom is 0.311 e. The number of rotatable bonds is 2. The molecule has 0 aromatic rings. The number of ether oxygens (including phenoxy) is 1. The molecule has 0 amide bonds. The molecule has 4 aliphatic rings. The van der Waals surface area contributed by atoms with Crippen molar-refractivity contribution in [1.82, 2.24) is 0 Å². The fraction of sp³-hybridized carbons (Fsp3) is 0.857. The van der Waals surface area contributed by atoms with Crippen LogP contribution in [0.5, 0.6) is 0 Å². The number of aliphatic hydroxyl groups is 1. The molecule has 2 unspecified atom stereocenters. The van der Waals surface area contributed by atoms with Crippen molar-refractivity contribution in [1.29, 1.82) is 0 Å². The van der Waals surface area contributed by atoms with Gasteiger partial charge in [0, 0.05) is 6.61 Å². The molecule has 0 aromatic carbocycles. The van der Waals surface area contributed by atoms with E-state index in [0.29, 0.717) is 29.8 Å². The summed E-state index contributed by atoms with van der Waals surface area (Å²) in [7, 11) is 1.54. The lowest BCUT2D eigenvalue weighted by atomic mass is 9.44. The summed E-state index contributed by atoms with van der Waals surface area (Å²) >= 11 is 0. The first-order valence-electron chi connectivity index (χ1n) is 9.80. The number of hydrogen-bond acceptors (Lipinski definition) is 3. The van der Waals surface area contributed by atoms with Gasteiger partial charge in [0.05, 0.1) is 12.5 Å². The van der Waals surface area contributed by atoms with Crippen LogP contribution < -0.4 is 0 Å². The molecular formula is C21H32O3. The molecule has 6 atom stereocenters. The quantitative estimate of drug-likeness (QED) is 0.612. The van der Waals surface area contributed by atoms with Crippen molar-refractivity contribution in [3.63, 3.8) is 0 Å². The summed E-state index contributed by atoms with van der Waals surface area (Å²) in [6.45, 7) is 4.92. The molecule has 3 nitrogen and oxygen atoms in total. The summed E-state index contributed by atoms with van der Waals surface area (Å²) in [6, 6.07) is 0. The average molecular weight is 332 g/mol.